The first-order valence-corrected chi connectivity index (χ1v) is 6.19. The van der Waals surface area contributed by atoms with E-state index in [9.17, 15) is 0 Å². The number of nitriles is 1. The number of hydrogen-bond donors (Lipinski definition) is 0. The third-order valence-electron chi connectivity index (χ3n) is 3.15. The Kier molecular flexibility index (Phi) is 4.20. The lowest BCUT2D eigenvalue weighted by molar-refractivity contribution is 0.354. The van der Waals surface area contributed by atoms with Gasteiger partial charge in [-0.05, 0) is 30.5 Å². The molecule has 0 bridgehead atoms. The van der Waals surface area contributed by atoms with Crippen LogP contribution in [0.15, 0.2) is 18.2 Å². The second-order valence-electron chi connectivity index (χ2n) is 4.31. The Bertz CT molecular complexity index is 643. The number of rotatable bonds is 5. The van der Waals surface area contributed by atoms with Crippen LogP contribution in [0.2, 0.25) is 0 Å². The second-order valence-corrected chi connectivity index (χ2v) is 4.31. The van der Waals surface area contributed by atoms with E-state index in [-0.39, 0.29) is 0 Å². The number of aromatic nitrogens is 3. The molecule has 1 aromatic heterocycles. The van der Waals surface area contributed by atoms with Gasteiger partial charge in [0.1, 0.15) is 6.07 Å². The Morgan fingerprint density at radius 2 is 1.95 bits per heavy atom. The van der Waals surface area contributed by atoms with Crippen LogP contribution in [0.3, 0.4) is 0 Å². The first-order chi connectivity index (χ1) is 9.69. The average molecular weight is 272 g/mol. The van der Waals surface area contributed by atoms with E-state index in [0.29, 0.717) is 23.6 Å². The lowest BCUT2D eigenvalue weighted by Gasteiger charge is -2.09. The van der Waals surface area contributed by atoms with Gasteiger partial charge in [0.2, 0.25) is 0 Å². The van der Waals surface area contributed by atoms with Gasteiger partial charge in [-0.15, -0.1) is 5.10 Å². The van der Waals surface area contributed by atoms with E-state index in [2.05, 4.69) is 16.4 Å². The first-order valence-electron chi connectivity index (χ1n) is 6.19. The van der Waals surface area contributed by atoms with Crippen LogP contribution in [0.5, 0.6) is 11.5 Å². The maximum Gasteiger partial charge on any atom is 0.185 e. The van der Waals surface area contributed by atoms with Crippen LogP contribution in [0.25, 0.3) is 0 Å². The smallest absolute Gasteiger partial charge is 0.185 e. The summed E-state index contributed by atoms with van der Waals surface area (Å²) in [5, 5.41) is 16.7. The van der Waals surface area contributed by atoms with Gasteiger partial charge in [0.15, 0.2) is 17.2 Å². The Balaban J connectivity index is 2.15. The summed E-state index contributed by atoms with van der Waals surface area (Å²) in [7, 11) is 5.01. The topological polar surface area (TPSA) is 73.0 Å². The van der Waals surface area contributed by atoms with Crippen molar-refractivity contribution >= 4 is 0 Å². The predicted octanol–water partition coefficient (Wildman–Crippen LogP) is 1.49. The summed E-state index contributed by atoms with van der Waals surface area (Å²) in [6.45, 7) is 0. The maximum absolute atomic E-state index is 8.98. The van der Waals surface area contributed by atoms with Crippen LogP contribution in [0, 0.1) is 11.3 Å². The van der Waals surface area contributed by atoms with E-state index in [1.807, 2.05) is 18.2 Å². The molecule has 20 heavy (non-hydrogen) atoms. The molecule has 104 valence electrons. The third-order valence-corrected chi connectivity index (χ3v) is 3.15. The van der Waals surface area contributed by atoms with Crippen molar-refractivity contribution in [1.82, 2.24) is 15.0 Å². The Labute approximate surface area is 117 Å². The predicted molar refractivity (Wildman–Crippen MR) is 72.7 cm³/mol. The molecule has 0 N–H and O–H groups in total. The molecule has 0 unspecified atom stereocenters. The standard InChI is InChI=1S/C14H16N4O2/c1-18-12(11(9-15)16-17-18)6-4-10-5-7-13(19-2)14(8-10)20-3/h5,7-8H,4,6H2,1-3H3. The minimum absolute atomic E-state index is 0.382. The fourth-order valence-electron chi connectivity index (χ4n) is 2.04. The molecule has 0 aliphatic heterocycles. The van der Waals surface area contributed by atoms with Gasteiger partial charge in [-0.25, -0.2) is 0 Å². The first kappa shape index (κ1) is 13.9. The lowest BCUT2D eigenvalue weighted by atomic mass is 10.1. The highest BCUT2D eigenvalue weighted by molar-refractivity contribution is 5.43. The van der Waals surface area contributed by atoms with Gasteiger partial charge in [-0.2, -0.15) is 5.26 Å². The van der Waals surface area contributed by atoms with E-state index in [4.69, 9.17) is 14.7 Å². The molecule has 0 aliphatic rings. The number of hydrogen-bond acceptors (Lipinski definition) is 5. The van der Waals surface area contributed by atoms with Crippen LogP contribution in [0.1, 0.15) is 17.0 Å². The zero-order chi connectivity index (χ0) is 14.5. The van der Waals surface area contributed by atoms with Crippen molar-refractivity contribution in [3.63, 3.8) is 0 Å². The van der Waals surface area contributed by atoms with Gasteiger partial charge < -0.3 is 9.47 Å². The molecule has 0 saturated carbocycles. The summed E-state index contributed by atoms with van der Waals surface area (Å²) in [5.74, 6) is 1.41. The molecule has 1 heterocycles. The van der Waals surface area contributed by atoms with Crippen LogP contribution in [0.4, 0.5) is 0 Å². The van der Waals surface area contributed by atoms with Crippen LogP contribution in [-0.4, -0.2) is 29.2 Å². The summed E-state index contributed by atoms with van der Waals surface area (Å²) in [5.41, 5.74) is 2.32. The SMILES string of the molecule is COc1ccc(CCc2c(C#N)nnn2C)cc1OC. The van der Waals surface area contributed by atoms with Gasteiger partial charge in [0.05, 0.1) is 19.9 Å². The highest BCUT2D eigenvalue weighted by Crippen LogP contribution is 2.28. The minimum atomic E-state index is 0.382. The summed E-state index contributed by atoms with van der Waals surface area (Å²) in [6.07, 6.45) is 1.47. The van der Waals surface area contributed by atoms with Gasteiger partial charge in [0.25, 0.3) is 0 Å². The molecule has 2 rings (SSSR count). The van der Waals surface area contributed by atoms with Crippen molar-refractivity contribution in [1.29, 1.82) is 5.26 Å². The van der Waals surface area contributed by atoms with Crippen LogP contribution in [-0.2, 0) is 19.9 Å². The number of methoxy groups -OCH3 is 2. The molecule has 0 saturated heterocycles. The Morgan fingerprint density at radius 3 is 2.60 bits per heavy atom. The van der Waals surface area contributed by atoms with E-state index in [1.54, 1.807) is 25.9 Å². The maximum atomic E-state index is 8.98. The Hall–Kier alpha value is -2.55. The molecule has 0 atom stereocenters. The second kappa shape index (κ2) is 6.06. The van der Waals surface area contributed by atoms with Crippen molar-refractivity contribution < 1.29 is 9.47 Å². The monoisotopic (exact) mass is 272 g/mol. The van der Waals surface area contributed by atoms with Crippen molar-refractivity contribution in [2.24, 2.45) is 7.05 Å². The van der Waals surface area contributed by atoms with E-state index in [0.717, 1.165) is 17.7 Å². The molecule has 1 aromatic carbocycles. The normalized spacial score (nSPS) is 10.1. The molecule has 0 amide bonds. The van der Waals surface area contributed by atoms with Gasteiger partial charge >= 0.3 is 0 Å². The Morgan fingerprint density at radius 1 is 1.20 bits per heavy atom. The minimum Gasteiger partial charge on any atom is -0.493 e. The van der Waals surface area contributed by atoms with Gasteiger partial charge in [0, 0.05) is 7.05 Å². The molecule has 0 aliphatic carbocycles. The molecular weight excluding hydrogens is 256 g/mol. The molecule has 0 spiro atoms. The van der Waals surface area contributed by atoms with Crippen LogP contribution >= 0.6 is 0 Å². The molecule has 0 fully saturated rings. The largest absolute Gasteiger partial charge is 0.493 e. The number of benzene rings is 1. The quantitative estimate of drug-likeness (QED) is 0.824. The van der Waals surface area contributed by atoms with Crippen molar-refractivity contribution in [2.45, 2.75) is 12.8 Å². The zero-order valence-electron chi connectivity index (χ0n) is 11.8. The van der Waals surface area contributed by atoms with E-state index < -0.39 is 0 Å². The highest BCUT2D eigenvalue weighted by atomic mass is 16.5. The number of ether oxygens (including phenoxy) is 2. The fourth-order valence-corrected chi connectivity index (χ4v) is 2.04. The molecule has 6 nitrogen and oxygen atoms in total. The summed E-state index contributed by atoms with van der Waals surface area (Å²) in [6, 6.07) is 7.85. The van der Waals surface area contributed by atoms with Crippen LogP contribution < -0.4 is 9.47 Å². The third kappa shape index (κ3) is 2.72. The highest BCUT2D eigenvalue weighted by Gasteiger charge is 2.11. The summed E-state index contributed by atoms with van der Waals surface area (Å²) >= 11 is 0. The molecular formula is C14H16N4O2. The summed E-state index contributed by atoms with van der Waals surface area (Å²) in [4.78, 5) is 0. The van der Waals surface area contributed by atoms with E-state index >= 15 is 0 Å². The summed E-state index contributed by atoms with van der Waals surface area (Å²) < 4.78 is 12.1. The zero-order valence-corrected chi connectivity index (χ0v) is 11.8. The lowest BCUT2D eigenvalue weighted by Crippen LogP contribution is -2.02. The average Bonchev–Trinajstić information content (AvgIpc) is 2.85. The van der Waals surface area contributed by atoms with E-state index in [1.165, 1.54) is 0 Å². The van der Waals surface area contributed by atoms with Crippen molar-refractivity contribution in [3.05, 3.63) is 35.2 Å². The molecule has 6 heteroatoms. The molecule has 2 aromatic rings. The van der Waals surface area contributed by atoms with Crippen molar-refractivity contribution in [2.75, 3.05) is 14.2 Å². The van der Waals surface area contributed by atoms with Crippen molar-refractivity contribution in [3.8, 4) is 17.6 Å². The fraction of sp³-hybridized carbons (Fsp3) is 0.357. The van der Waals surface area contributed by atoms with Gasteiger partial charge in [-0.3, -0.25) is 4.68 Å². The molecule has 0 radical (unpaired) electrons. The number of aryl methyl sites for hydroxylation is 2. The number of nitrogens with zero attached hydrogens (tertiary/aromatic N) is 4. The van der Waals surface area contributed by atoms with Gasteiger partial charge in [-0.1, -0.05) is 11.3 Å².